The predicted molar refractivity (Wildman–Crippen MR) is 124 cm³/mol. The molecule has 0 saturated carbocycles. The Labute approximate surface area is 186 Å². The third-order valence-corrected chi connectivity index (χ3v) is 6.86. The monoisotopic (exact) mass is 433 g/mol. The molecule has 0 unspecified atom stereocenters. The van der Waals surface area contributed by atoms with Crippen LogP contribution >= 0.6 is 11.6 Å². The van der Waals surface area contributed by atoms with E-state index in [1.165, 1.54) is 18.4 Å². The van der Waals surface area contributed by atoms with Crippen molar-refractivity contribution in [1.82, 2.24) is 20.4 Å². The molecule has 2 aliphatic heterocycles. The van der Waals surface area contributed by atoms with Gasteiger partial charge in [0.15, 0.2) is 5.96 Å². The number of rotatable bonds is 6. The summed E-state index contributed by atoms with van der Waals surface area (Å²) in [6, 6.07) is 8.14. The highest BCUT2D eigenvalue weighted by molar-refractivity contribution is 6.31. The normalized spacial score (nSPS) is 19.7. The van der Waals surface area contributed by atoms with Crippen LogP contribution in [0, 0.1) is 11.8 Å². The second-order valence-electron chi connectivity index (χ2n) is 8.55. The molecule has 2 saturated heterocycles. The van der Waals surface area contributed by atoms with E-state index in [0.717, 1.165) is 63.1 Å². The minimum absolute atomic E-state index is 0.150. The van der Waals surface area contributed by atoms with Gasteiger partial charge in [-0.05, 0) is 62.2 Å². The Morgan fingerprint density at radius 1 is 1.10 bits per heavy atom. The lowest BCUT2D eigenvalue weighted by molar-refractivity contribution is -0.121. The van der Waals surface area contributed by atoms with Crippen LogP contribution in [0.5, 0.6) is 0 Å². The Bertz CT molecular complexity index is 709. The van der Waals surface area contributed by atoms with Gasteiger partial charge in [-0.25, -0.2) is 0 Å². The standard InChI is InChI=1S/C23H36ClN5O/c1-25-22(30)15-18-9-13-29(14-10-18)23(26-2)27-16-19-7-11-28(12-8-19)17-20-5-3-4-6-21(20)24/h3-6,18-19H,7-17H2,1-2H3,(H,25,30)(H,26,27). The van der Waals surface area contributed by atoms with Crippen molar-refractivity contribution in [3.63, 3.8) is 0 Å². The number of carbonyl (C=O) groups is 1. The molecule has 1 aromatic rings. The van der Waals surface area contributed by atoms with Crippen molar-refractivity contribution in [3.8, 4) is 0 Å². The van der Waals surface area contributed by atoms with Crippen LogP contribution < -0.4 is 10.6 Å². The maximum absolute atomic E-state index is 11.6. The van der Waals surface area contributed by atoms with E-state index in [0.29, 0.717) is 18.3 Å². The molecule has 30 heavy (non-hydrogen) atoms. The van der Waals surface area contributed by atoms with Gasteiger partial charge in [-0.15, -0.1) is 0 Å². The molecule has 2 aliphatic rings. The Morgan fingerprint density at radius 2 is 1.77 bits per heavy atom. The van der Waals surface area contributed by atoms with E-state index in [2.05, 4.69) is 37.6 Å². The first kappa shape index (κ1) is 22.9. The van der Waals surface area contributed by atoms with Gasteiger partial charge in [-0.3, -0.25) is 14.7 Å². The van der Waals surface area contributed by atoms with Crippen molar-refractivity contribution < 1.29 is 4.79 Å². The zero-order valence-corrected chi connectivity index (χ0v) is 19.1. The maximum Gasteiger partial charge on any atom is 0.220 e. The fourth-order valence-corrected chi connectivity index (χ4v) is 4.69. The van der Waals surface area contributed by atoms with Gasteiger partial charge in [0.05, 0.1) is 0 Å². The van der Waals surface area contributed by atoms with Crippen LogP contribution in [-0.2, 0) is 11.3 Å². The highest BCUT2D eigenvalue weighted by Crippen LogP contribution is 2.23. The Morgan fingerprint density at radius 3 is 2.40 bits per heavy atom. The Kier molecular flexibility index (Phi) is 8.82. The molecule has 0 spiro atoms. The third kappa shape index (κ3) is 6.61. The number of amides is 1. The van der Waals surface area contributed by atoms with Crippen LogP contribution in [0.15, 0.2) is 29.3 Å². The fraction of sp³-hybridized carbons (Fsp3) is 0.652. The summed E-state index contributed by atoms with van der Waals surface area (Å²) in [7, 11) is 3.58. The van der Waals surface area contributed by atoms with E-state index in [1.807, 2.05) is 19.2 Å². The molecule has 7 heteroatoms. The molecule has 1 aromatic carbocycles. The van der Waals surface area contributed by atoms with Crippen molar-refractivity contribution >= 4 is 23.5 Å². The van der Waals surface area contributed by atoms with E-state index in [9.17, 15) is 4.79 Å². The second-order valence-corrected chi connectivity index (χ2v) is 8.95. The second kappa shape index (κ2) is 11.6. The summed E-state index contributed by atoms with van der Waals surface area (Å²) in [6.07, 6.45) is 5.14. The minimum atomic E-state index is 0.150. The van der Waals surface area contributed by atoms with Crippen molar-refractivity contribution in [2.75, 3.05) is 46.8 Å². The van der Waals surface area contributed by atoms with Crippen LogP contribution in [-0.4, -0.2) is 68.5 Å². The lowest BCUT2D eigenvalue weighted by Crippen LogP contribution is -2.48. The number of hydrogen-bond donors (Lipinski definition) is 2. The molecule has 0 bridgehead atoms. The van der Waals surface area contributed by atoms with Gasteiger partial charge in [-0.1, -0.05) is 29.8 Å². The topological polar surface area (TPSA) is 60.0 Å². The molecule has 166 valence electrons. The summed E-state index contributed by atoms with van der Waals surface area (Å²) in [5, 5.41) is 7.21. The summed E-state index contributed by atoms with van der Waals surface area (Å²) < 4.78 is 0. The first-order valence-corrected chi connectivity index (χ1v) is 11.6. The quantitative estimate of drug-likeness (QED) is 0.535. The van der Waals surface area contributed by atoms with Crippen molar-refractivity contribution in [2.45, 2.75) is 38.6 Å². The van der Waals surface area contributed by atoms with Crippen LogP contribution in [0.4, 0.5) is 0 Å². The molecule has 6 nitrogen and oxygen atoms in total. The average molecular weight is 434 g/mol. The molecule has 0 radical (unpaired) electrons. The molecular formula is C23H36ClN5O. The first-order chi connectivity index (χ1) is 14.6. The van der Waals surface area contributed by atoms with E-state index in [4.69, 9.17) is 11.6 Å². The molecule has 0 aliphatic carbocycles. The smallest absolute Gasteiger partial charge is 0.220 e. The van der Waals surface area contributed by atoms with E-state index >= 15 is 0 Å². The van der Waals surface area contributed by atoms with Crippen molar-refractivity contribution in [1.29, 1.82) is 0 Å². The predicted octanol–water partition coefficient (Wildman–Crippen LogP) is 2.98. The molecular weight excluding hydrogens is 398 g/mol. The van der Waals surface area contributed by atoms with Crippen molar-refractivity contribution in [3.05, 3.63) is 34.9 Å². The number of carbonyl (C=O) groups excluding carboxylic acids is 1. The summed E-state index contributed by atoms with van der Waals surface area (Å²) in [4.78, 5) is 21.0. The molecule has 0 aromatic heterocycles. The van der Waals surface area contributed by atoms with Crippen LogP contribution in [0.3, 0.4) is 0 Å². The fourth-order valence-electron chi connectivity index (χ4n) is 4.50. The zero-order chi connectivity index (χ0) is 21.3. The highest BCUT2D eigenvalue weighted by atomic mass is 35.5. The number of guanidine groups is 1. The number of halogens is 1. The number of likely N-dealkylation sites (tertiary alicyclic amines) is 2. The number of aliphatic imine (C=N–C) groups is 1. The largest absolute Gasteiger partial charge is 0.359 e. The summed E-state index contributed by atoms with van der Waals surface area (Å²) in [5.74, 6) is 2.32. The highest BCUT2D eigenvalue weighted by Gasteiger charge is 2.24. The molecule has 1 amide bonds. The lowest BCUT2D eigenvalue weighted by Gasteiger charge is -2.36. The maximum atomic E-state index is 11.6. The summed E-state index contributed by atoms with van der Waals surface area (Å²) >= 11 is 6.31. The molecule has 2 heterocycles. The van der Waals surface area contributed by atoms with Gasteiger partial charge >= 0.3 is 0 Å². The van der Waals surface area contributed by atoms with E-state index in [-0.39, 0.29) is 5.91 Å². The number of piperidine rings is 2. The number of nitrogens with one attached hydrogen (secondary N) is 2. The minimum Gasteiger partial charge on any atom is -0.359 e. The van der Waals surface area contributed by atoms with E-state index < -0.39 is 0 Å². The molecule has 3 rings (SSSR count). The van der Waals surface area contributed by atoms with Gasteiger partial charge < -0.3 is 15.5 Å². The van der Waals surface area contributed by atoms with Gasteiger partial charge in [0.25, 0.3) is 0 Å². The first-order valence-electron chi connectivity index (χ1n) is 11.2. The lowest BCUT2D eigenvalue weighted by atomic mass is 9.93. The SMILES string of the molecule is CN=C(NCC1CCN(Cc2ccccc2Cl)CC1)N1CCC(CC(=O)NC)CC1. The van der Waals surface area contributed by atoms with E-state index in [1.54, 1.807) is 7.05 Å². The third-order valence-electron chi connectivity index (χ3n) is 6.49. The molecule has 2 N–H and O–H groups in total. The number of benzene rings is 1. The van der Waals surface area contributed by atoms with Gasteiger partial charge in [0.1, 0.15) is 0 Å². The Balaban J connectivity index is 1.37. The van der Waals surface area contributed by atoms with Crippen LogP contribution in [0.1, 0.15) is 37.7 Å². The van der Waals surface area contributed by atoms with Gasteiger partial charge in [0.2, 0.25) is 5.91 Å². The van der Waals surface area contributed by atoms with Gasteiger partial charge in [-0.2, -0.15) is 0 Å². The van der Waals surface area contributed by atoms with Gasteiger partial charge in [0, 0.05) is 51.7 Å². The zero-order valence-electron chi connectivity index (χ0n) is 18.4. The molecule has 2 fully saturated rings. The Hall–Kier alpha value is -1.79. The number of hydrogen-bond acceptors (Lipinski definition) is 3. The van der Waals surface area contributed by atoms with Crippen LogP contribution in [0.2, 0.25) is 5.02 Å². The number of nitrogens with zero attached hydrogens (tertiary/aromatic N) is 3. The van der Waals surface area contributed by atoms with Crippen LogP contribution in [0.25, 0.3) is 0 Å². The average Bonchev–Trinajstić information content (AvgIpc) is 2.78. The van der Waals surface area contributed by atoms with Crippen molar-refractivity contribution in [2.24, 2.45) is 16.8 Å². The molecule has 0 atom stereocenters. The summed E-state index contributed by atoms with van der Waals surface area (Å²) in [5.41, 5.74) is 1.22. The summed E-state index contributed by atoms with van der Waals surface area (Å²) in [6.45, 7) is 6.08.